The van der Waals surface area contributed by atoms with E-state index >= 15 is 0 Å². The highest BCUT2D eigenvalue weighted by atomic mass is 16.5. The zero-order chi connectivity index (χ0) is 14.8. The van der Waals surface area contributed by atoms with E-state index in [9.17, 15) is 9.59 Å². The van der Waals surface area contributed by atoms with Gasteiger partial charge in [-0.05, 0) is 31.1 Å². The third-order valence-corrected chi connectivity index (χ3v) is 4.47. The fourth-order valence-corrected chi connectivity index (χ4v) is 3.03. The molecule has 106 valence electrons. The topological polar surface area (TPSA) is 52.6 Å². The molecule has 1 aliphatic carbocycles. The van der Waals surface area contributed by atoms with Crippen LogP contribution in [0.1, 0.15) is 26.7 Å². The van der Waals surface area contributed by atoms with E-state index in [1.54, 1.807) is 6.08 Å². The summed E-state index contributed by atoms with van der Waals surface area (Å²) >= 11 is 0. The second-order valence-corrected chi connectivity index (χ2v) is 5.49. The van der Waals surface area contributed by atoms with Gasteiger partial charge in [-0.2, -0.15) is 0 Å². The molecule has 1 saturated carbocycles. The van der Waals surface area contributed by atoms with Crippen LogP contribution < -0.4 is 0 Å². The van der Waals surface area contributed by atoms with Crippen LogP contribution in [-0.2, 0) is 19.1 Å². The van der Waals surface area contributed by atoms with Crippen LogP contribution in [0.3, 0.4) is 0 Å². The van der Waals surface area contributed by atoms with E-state index in [2.05, 4.69) is 13.2 Å². The number of allylic oxidation sites excluding steroid dienone is 2. The van der Waals surface area contributed by atoms with Crippen molar-refractivity contribution in [3.8, 4) is 0 Å². The van der Waals surface area contributed by atoms with Crippen molar-refractivity contribution in [2.24, 2.45) is 16.7 Å². The fraction of sp³-hybridized carbons (Fsp3) is 0.600. The van der Waals surface area contributed by atoms with Crippen LogP contribution >= 0.6 is 0 Å². The molecule has 1 fully saturated rings. The lowest BCUT2D eigenvalue weighted by atomic mass is 9.73. The molecule has 0 N–H and O–H groups in total. The number of hydrogen-bond donors (Lipinski definition) is 0. The van der Waals surface area contributed by atoms with Gasteiger partial charge in [0.25, 0.3) is 0 Å². The Labute approximate surface area is 114 Å². The first kappa shape index (κ1) is 15.5. The van der Waals surface area contributed by atoms with Crippen molar-refractivity contribution < 1.29 is 19.1 Å². The number of methoxy groups -OCH3 is 2. The molecular formula is C15H22O4. The second kappa shape index (κ2) is 5.19. The van der Waals surface area contributed by atoms with Crippen LogP contribution in [-0.4, -0.2) is 26.2 Å². The number of hydrogen-bond acceptors (Lipinski definition) is 4. The molecule has 0 aliphatic heterocycles. The zero-order valence-corrected chi connectivity index (χ0v) is 12.1. The molecule has 0 bridgehead atoms. The molecule has 0 saturated heterocycles. The average Bonchev–Trinajstić information content (AvgIpc) is 2.72. The Balaban J connectivity index is 3.31. The van der Waals surface area contributed by atoms with E-state index in [1.165, 1.54) is 14.2 Å². The Morgan fingerprint density at radius 3 is 2.00 bits per heavy atom. The lowest BCUT2D eigenvalue weighted by molar-refractivity contribution is -0.169. The molecule has 0 aromatic rings. The van der Waals surface area contributed by atoms with Crippen LogP contribution in [0, 0.1) is 16.7 Å². The van der Waals surface area contributed by atoms with Crippen molar-refractivity contribution in [1.29, 1.82) is 0 Å². The molecular weight excluding hydrogens is 244 g/mol. The van der Waals surface area contributed by atoms with Gasteiger partial charge in [0.15, 0.2) is 5.41 Å². The van der Waals surface area contributed by atoms with Crippen LogP contribution in [0.25, 0.3) is 0 Å². The highest BCUT2D eigenvalue weighted by molar-refractivity contribution is 6.00. The fourth-order valence-electron chi connectivity index (χ4n) is 3.03. The SMILES string of the molecule is C=C[C@H]1CC(C(=O)OC)(C(=O)OC)C[C@@]1(C)C(=C)C. The Hall–Kier alpha value is -1.58. The van der Waals surface area contributed by atoms with E-state index in [4.69, 9.17) is 9.47 Å². The summed E-state index contributed by atoms with van der Waals surface area (Å²) in [4.78, 5) is 24.2. The number of rotatable bonds is 4. The number of carbonyl (C=O) groups is 2. The van der Waals surface area contributed by atoms with Crippen LogP contribution in [0.5, 0.6) is 0 Å². The predicted octanol–water partition coefficient (Wildman–Crippen LogP) is 2.50. The Kier molecular flexibility index (Phi) is 4.23. The summed E-state index contributed by atoms with van der Waals surface area (Å²) in [6, 6.07) is 0. The van der Waals surface area contributed by atoms with Gasteiger partial charge in [-0.25, -0.2) is 0 Å². The third kappa shape index (κ3) is 2.20. The van der Waals surface area contributed by atoms with E-state index in [-0.39, 0.29) is 11.3 Å². The zero-order valence-electron chi connectivity index (χ0n) is 12.1. The minimum absolute atomic E-state index is 0.0109. The predicted molar refractivity (Wildman–Crippen MR) is 72.3 cm³/mol. The molecule has 0 amide bonds. The summed E-state index contributed by atoms with van der Waals surface area (Å²) in [6.45, 7) is 11.7. The lowest BCUT2D eigenvalue weighted by Crippen LogP contribution is -2.40. The molecule has 19 heavy (non-hydrogen) atoms. The molecule has 0 spiro atoms. The van der Waals surface area contributed by atoms with Crippen LogP contribution in [0.4, 0.5) is 0 Å². The van der Waals surface area contributed by atoms with Crippen LogP contribution in [0.2, 0.25) is 0 Å². The molecule has 0 unspecified atom stereocenters. The van der Waals surface area contributed by atoms with Gasteiger partial charge in [0.2, 0.25) is 0 Å². The van der Waals surface area contributed by atoms with Crippen molar-refractivity contribution in [1.82, 2.24) is 0 Å². The molecule has 2 atom stereocenters. The molecule has 0 aromatic heterocycles. The molecule has 4 heteroatoms. The van der Waals surface area contributed by atoms with Crippen molar-refractivity contribution in [3.05, 3.63) is 24.8 Å². The molecule has 0 heterocycles. The van der Waals surface area contributed by atoms with Gasteiger partial charge >= 0.3 is 11.9 Å². The van der Waals surface area contributed by atoms with E-state index in [0.29, 0.717) is 12.8 Å². The number of ether oxygens (including phenoxy) is 2. The van der Waals surface area contributed by atoms with E-state index in [1.807, 2.05) is 13.8 Å². The van der Waals surface area contributed by atoms with Gasteiger partial charge in [0.05, 0.1) is 14.2 Å². The minimum atomic E-state index is -1.25. The first-order valence-electron chi connectivity index (χ1n) is 6.24. The third-order valence-electron chi connectivity index (χ3n) is 4.47. The summed E-state index contributed by atoms with van der Waals surface area (Å²) in [5.74, 6) is -1.10. The average molecular weight is 266 g/mol. The Morgan fingerprint density at radius 2 is 1.74 bits per heavy atom. The second-order valence-electron chi connectivity index (χ2n) is 5.49. The van der Waals surface area contributed by atoms with Crippen molar-refractivity contribution in [2.45, 2.75) is 26.7 Å². The number of esters is 2. The molecule has 0 radical (unpaired) electrons. The Morgan fingerprint density at radius 1 is 1.26 bits per heavy atom. The van der Waals surface area contributed by atoms with Crippen molar-refractivity contribution in [2.75, 3.05) is 14.2 Å². The quantitative estimate of drug-likeness (QED) is 0.445. The standard InChI is InChI=1S/C15H22O4/c1-7-11-8-15(12(16)18-5,13(17)19-6)9-14(11,4)10(2)3/h7,11H,1-2,8-9H2,3-6H3/t11-,14-/m0/s1. The van der Waals surface area contributed by atoms with Gasteiger partial charge in [0.1, 0.15) is 0 Å². The van der Waals surface area contributed by atoms with Gasteiger partial charge in [0, 0.05) is 0 Å². The van der Waals surface area contributed by atoms with Gasteiger partial charge < -0.3 is 9.47 Å². The summed E-state index contributed by atoms with van der Waals surface area (Å²) in [6.07, 6.45) is 2.47. The summed E-state index contributed by atoms with van der Waals surface area (Å²) in [5.41, 5.74) is -0.688. The van der Waals surface area contributed by atoms with Gasteiger partial charge in [-0.15, -0.1) is 6.58 Å². The minimum Gasteiger partial charge on any atom is -0.468 e. The number of carbonyl (C=O) groups excluding carboxylic acids is 2. The molecule has 0 aromatic carbocycles. The smallest absolute Gasteiger partial charge is 0.323 e. The van der Waals surface area contributed by atoms with E-state index in [0.717, 1.165) is 5.57 Å². The van der Waals surface area contributed by atoms with Crippen molar-refractivity contribution >= 4 is 11.9 Å². The monoisotopic (exact) mass is 266 g/mol. The van der Waals surface area contributed by atoms with Crippen LogP contribution in [0.15, 0.2) is 24.8 Å². The molecule has 1 aliphatic rings. The highest BCUT2D eigenvalue weighted by Crippen LogP contribution is 2.57. The van der Waals surface area contributed by atoms with Gasteiger partial charge in [-0.1, -0.05) is 25.2 Å². The normalized spacial score (nSPS) is 28.5. The summed E-state index contributed by atoms with van der Waals surface area (Å²) < 4.78 is 9.65. The Bertz CT molecular complexity index is 408. The summed E-state index contributed by atoms with van der Waals surface area (Å²) in [5, 5.41) is 0. The molecule has 4 nitrogen and oxygen atoms in total. The lowest BCUT2D eigenvalue weighted by Gasteiger charge is -2.31. The van der Waals surface area contributed by atoms with Crippen molar-refractivity contribution in [3.63, 3.8) is 0 Å². The molecule has 1 rings (SSSR count). The first-order chi connectivity index (χ1) is 8.78. The largest absolute Gasteiger partial charge is 0.468 e. The maximum atomic E-state index is 12.1. The summed E-state index contributed by atoms with van der Waals surface area (Å²) in [7, 11) is 2.57. The maximum absolute atomic E-state index is 12.1. The first-order valence-corrected chi connectivity index (χ1v) is 6.24. The van der Waals surface area contributed by atoms with E-state index < -0.39 is 17.4 Å². The maximum Gasteiger partial charge on any atom is 0.323 e. The highest BCUT2D eigenvalue weighted by Gasteiger charge is 2.61. The van der Waals surface area contributed by atoms with Gasteiger partial charge in [-0.3, -0.25) is 9.59 Å².